The molecule has 2 N–H and O–H groups in total. The van der Waals surface area contributed by atoms with Gasteiger partial charge in [0.05, 0.1) is 0 Å². The number of hydrogen-bond acceptors (Lipinski definition) is 4. The van der Waals surface area contributed by atoms with Crippen molar-refractivity contribution in [3.05, 3.63) is 11.1 Å². The van der Waals surface area contributed by atoms with E-state index < -0.39 is 5.97 Å². The number of nitrogens with zero attached hydrogens (tertiary/aromatic N) is 1. The van der Waals surface area contributed by atoms with Crippen LogP contribution in [0.5, 0.6) is 0 Å². The minimum absolute atomic E-state index is 0.0534. The molecule has 1 aromatic rings. The van der Waals surface area contributed by atoms with Crippen LogP contribution in [0.2, 0.25) is 0 Å². The zero-order valence-electron chi connectivity index (χ0n) is 10.4. The fourth-order valence-electron chi connectivity index (χ4n) is 1.45. The normalized spacial score (nSPS) is 10.3. The zero-order chi connectivity index (χ0) is 13.4. The largest absolute Gasteiger partial charge is 0.481 e. The highest BCUT2D eigenvalue weighted by Gasteiger charge is 2.06. The summed E-state index contributed by atoms with van der Waals surface area (Å²) in [5.74, 6) is -0.836. The van der Waals surface area contributed by atoms with E-state index in [0.717, 1.165) is 17.7 Å². The van der Waals surface area contributed by atoms with Gasteiger partial charge in [0.2, 0.25) is 5.91 Å². The number of aryl methyl sites for hydroxylation is 1. The van der Waals surface area contributed by atoms with Crippen molar-refractivity contribution >= 4 is 28.3 Å². The average molecular weight is 270 g/mol. The van der Waals surface area contributed by atoms with Gasteiger partial charge >= 0.3 is 5.97 Å². The molecule has 0 unspecified atom stereocenters. The summed E-state index contributed by atoms with van der Waals surface area (Å²) < 4.78 is 0. The summed E-state index contributed by atoms with van der Waals surface area (Å²) in [6.45, 7) is 2.04. The molecule has 0 aliphatic carbocycles. The molecule has 1 amide bonds. The van der Waals surface area contributed by atoms with Crippen molar-refractivity contribution in [3.63, 3.8) is 0 Å². The molecule has 0 atom stereocenters. The molecular weight excluding hydrogens is 252 g/mol. The molecular formula is C12H18N2O3S. The van der Waals surface area contributed by atoms with Crippen LogP contribution in [0, 0.1) is 0 Å². The van der Waals surface area contributed by atoms with Crippen molar-refractivity contribution in [2.45, 2.75) is 45.4 Å². The number of aliphatic carboxylic acids is 1. The molecule has 18 heavy (non-hydrogen) atoms. The number of carboxylic acids is 1. The van der Waals surface area contributed by atoms with E-state index >= 15 is 0 Å². The van der Waals surface area contributed by atoms with E-state index in [4.69, 9.17) is 5.11 Å². The van der Waals surface area contributed by atoms with Gasteiger partial charge in [0.15, 0.2) is 5.13 Å². The maximum atomic E-state index is 11.5. The molecule has 0 bridgehead atoms. The first-order chi connectivity index (χ1) is 8.61. The van der Waals surface area contributed by atoms with Gasteiger partial charge in [-0.2, -0.15) is 0 Å². The number of amides is 1. The Morgan fingerprint density at radius 1 is 1.33 bits per heavy atom. The van der Waals surface area contributed by atoms with Crippen LogP contribution in [-0.2, 0) is 16.0 Å². The molecule has 1 heterocycles. The van der Waals surface area contributed by atoms with E-state index in [0.29, 0.717) is 24.4 Å². The summed E-state index contributed by atoms with van der Waals surface area (Å²) in [6, 6.07) is 0. The highest BCUT2D eigenvalue weighted by atomic mass is 32.1. The van der Waals surface area contributed by atoms with Crippen molar-refractivity contribution in [1.82, 2.24) is 4.98 Å². The Hall–Kier alpha value is -1.43. The Morgan fingerprint density at radius 2 is 2.06 bits per heavy atom. The predicted molar refractivity (Wildman–Crippen MR) is 70.8 cm³/mol. The number of carbonyl (C=O) groups excluding carboxylic acids is 1. The third kappa shape index (κ3) is 5.77. The fraction of sp³-hybridized carbons (Fsp3) is 0.583. The topological polar surface area (TPSA) is 79.3 Å². The van der Waals surface area contributed by atoms with Crippen LogP contribution >= 0.6 is 11.3 Å². The number of aromatic nitrogens is 1. The van der Waals surface area contributed by atoms with Crippen molar-refractivity contribution < 1.29 is 14.7 Å². The van der Waals surface area contributed by atoms with Crippen LogP contribution in [0.3, 0.4) is 0 Å². The summed E-state index contributed by atoms with van der Waals surface area (Å²) in [6.07, 6.45) is 5.38. The number of nitrogens with one attached hydrogen (secondary N) is 1. The van der Waals surface area contributed by atoms with E-state index in [9.17, 15) is 9.59 Å². The minimum Gasteiger partial charge on any atom is -0.481 e. The number of unbranched alkanes of at least 4 members (excludes halogenated alkanes) is 2. The summed E-state index contributed by atoms with van der Waals surface area (Å²) >= 11 is 1.49. The Kier molecular flexibility index (Phi) is 6.35. The average Bonchev–Trinajstić information content (AvgIpc) is 2.76. The third-order valence-corrected chi connectivity index (χ3v) is 3.50. The second-order valence-corrected chi connectivity index (χ2v) is 5.10. The first kappa shape index (κ1) is 14.6. The smallest absolute Gasteiger partial charge is 0.303 e. The number of anilines is 1. The second kappa shape index (κ2) is 7.81. The van der Waals surface area contributed by atoms with Gasteiger partial charge in [-0.25, -0.2) is 4.98 Å². The SMILES string of the molecule is CCc1cnc(NC(=O)CCCCCC(=O)O)s1. The molecule has 1 aromatic heterocycles. The Morgan fingerprint density at radius 3 is 2.67 bits per heavy atom. The van der Waals surface area contributed by atoms with E-state index in [2.05, 4.69) is 10.3 Å². The first-order valence-electron chi connectivity index (χ1n) is 6.08. The Labute approximate surface area is 110 Å². The Bertz CT molecular complexity index is 404. The monoisotopic (exact) mass is 270 g/mol. The summed E-state index contributed by atoms with van der Waals surface area (Å²) in [7, 11) is 0. The van der Waals surface area contributed by atoms with Crippen LogP contribution in [0.25, 0.3) is 0 Å². The molecule has 0 saturated heterocycles. The lowest BCUT2D eigenvalue weighted by molar-refractivity contribution is -0.137. The van der Waals surface area contributed by atoms with Crippen LogP contribution in [0.4, 0.5) is 5.13 Å². The maximum Gasteiger partial charge on any atom is 0.303 e. The lowest BCUT2D eigenvalue weighted by Crippen LogP contribution is -2.10. The maximum absolute atomic E-state index is 11.5. The van der Waals surface area contributed by atoms with Gasteiger partial charge in [0, 0.05) is 23.9 Å². The molecule has 0 spiro atoms. The third-order valence-electron chi connectivity index (χ3n) is 2.44. The Balaban J connectivity index is 2.15. The van der Waals surface area contributed by atoms with Gasteiger partial charge < -0.3 is 10.4 Å². The van der Waals surface area contributed by atoms with Gasteiger partial charge in [-0.1, -0.05) is 13.3 Å². The molecule has 0 fully saturated rings. The molecule has 0 radical (unpaired) electrons. The summed E-state index contributed by atoms with van der Waals surface area (Å²) in [4.78, 5) is 27.1. The highest BCUT2D eigenvalue weighted by molar-refractivity contribution is 7.15. The molecule has 100 valence electrons. The number of rotatable bonds is 8. The molecule has 1 rings (SSSR count). The van der Waals surface area contributed by atoms with Crippen LogP contribution in [0.15, 0.2) is 6.20 Å². The molecule has 0 aliphatic rings. The van der Waals surface area contributed by atoms with Crippen molar-refractivity contribution in [2.75, 3.05) is 5.32 Å². The van der Waals surface area contributed by atoms with E-state index in [1.54, 1.807) is 6.20 Å². The first-order valence-corrected chi connectivity index (χ1v) is 6.89. The van der Waals surface area contributed by atoms with Gasteiger partial charge in [-0.15, -0.1) is 11.3 Å². The fourth-order valence-corrected chi connectivity index (χ4v) is 2.22. The van der Waals surface area contributed by atoms with E-state index in [1.807, 2.05) is 6.92 Å². The standard InChI is InChI=1S/C12H18N2O3S/c1-2-9-8-13-12(18-9)14-10(15)6-4-3-5-7-11(16)17/h8H,2-7H2,1H3,(H,16,17)(H,13,14,15). The highest BCUT2D eigenvalue weighted by Crippen LogP contribution is 2.18. The van der Waals surface area contributed by atoms with Crippen LogP contribution < -0.4 is 5.32 Å². The molecule has 6 heteroatoms. The van der Waals surface area contributed by atoms with Crippen molar-refractivity contribution in [1.29, 1.82) is 0 Å². The molecule has 0 aliphatic heterocycles. The number of carboxylic acid groups (broad SMARTS) is 1. The summed E-state index contributed by atoms with van der Waals surface area (Å²) in [5, 5.41) is 11.8. The number of carbonyl (C=O) groups is 2. The van der Waals surface area contributed by atoms with Gasteiger partial charge in [-0.05, 0) is 19.3 Å². The zero-order valence-corrected chi connectivity index (χ0v) is 11.3. The van der Waals surface area contributed by atoms with Crippen molar-refractivity contribution in [2.24, 2.45) is 0 Å². The van der Waals surface area contributed by atoms with Gasteiger partial charge in [0.1, 0.15) is 0 Å². The van der Waals surface area contributed by atoms with E-state index in [-0.39, 0.29) is 12.3 Å². The molecule has 0 saturated carbocycles. The lowest BCUT2D eigenvalue weighted by Gasteiger charge is -2.01. The number of thiazole rings is 1. The molecule has 5 nitrogen and oxygen atoms in total. The predicted octanol–water partition coefficient (Wildman–Crippen LogP) is 2.68. The van der Waals surface area contributed by atoms with Crippen molar-refractivity contribution in [3.8, 4) is 0 Å². The van der Waals surface area contributed by atoms with Crippen LogP contribution in [0.1, 0.15) is 43.9 Å². The minimum atomic E-state index is -0.783. The second-order valence-electron chi connectivity index (χ2n) is 3.99. The van der Waals surface area contributed by atoms with Gasteiger partial charge in [-0.3, -0.25) is 9.59 Å². The van der Waals surface area contributed by atoms with Gasteiger partial charge in [0.25, 0.3) is 0 Å². The van der Waals surface area contributed by atoms with Crippen LogP contribution in [-0.4, -0.2) is 22.0 Å². The molecule has 0 aromatic carbocycles. The lowest BCUT2D eigenvalue weighted by atomic mass is 10.1. The van der Waals surface area contributed by atoms with E-state index in [1.165, 1.54) is 11.3 Å². The summed E-state index contributed by atoms with van der Waals surface area (Å²) in [5.41, 5.74) is 0. The number of hydrogen-bond donors (Lipinski definition) is 2. The quantitative estimate of drug-likeness (QED) is 0.712.